The molecule has 0 aliphatic carbocycles. The number of fused-ring (bicyclic) bond motifs is 4. The summed E-state index contributed by atoms with van der Waals surface area (Å²) < 4.78 is 5.36. The smallest absolute Gasteiger partial charge is 0.257 e. The minimum absolute atomic E-state index is 0.0424. The maximum atomic E-state index is 13.1. The van der Waals surface area contributed by atoms with Gasteiger partial charge in [-0.25, -0.2) is 0 Å². The molecule has 1 aromatic carbocycles. The molecule has 0 unspecified atom stereocenters. The normalized spacial score (nSPS) is 16.7. The standard InChI is InChI=1S/C22H21N3O4S/c1-3-25-18(26)12-23(2)21(28)19-15-6-8-24(11-17(15)30-22(19)25)20(27)14-4-5-16-13(10-14)7-9-29-16/h4-5,7,9-10H,3,6,8,11-12H2,1-2H3. The summed E-state index contributed by atoms with van der Waals surface area (Å²) >= 11 is 1.46. The molecule has 0 saturated carbocycles. The van der Waals surface area contributed by atoms with Gasteiger partial charge in [0.2, 0.25) is 5.91 Å². The number of furan rings is 1. The topological polar surface area (TPSA) is 74.1 Å². The Balaban J connectivity index is 1.49. The van der Waals surface area contributed by atoms with Crippen molar-refractivity contribution in [1.29, 1.82) is 0 Å². The van der Waals surface area contributed by atoms with E-state index in [9.17, 15) is 14.4 Å². The first-order valence-electron chi connectivity index (χ1n) is 9.94. The molecule has 7 nitrogen and oxygen atoms in total. The summed E-state index contributed by atoms with van der Waals surface area (Å²) in [5, 5.41) is 1.61. The van der Waals surface area contributed by atoms with E-state index in [1.54, 1.807) is 24.3 Å². The summed E-state index contributed by atoms with van der Waals surface area (Å²) in [4.78, 5) is 44.7. The molecule has 0 radical (unpaired) electrons. The second-order valence-corrected chi connectivity index (χ2v) is 8.72. The minimum atomic E-state index is -0.114. The number of likely N-dealkylation sites (N-methyl/N-ethyl adjacent to an activating group) is 2. The Labute approximate surface area is 177 Å². The molecular weight excluding hydrogens is 402 g/mol. The van der Waals surface area contributed by atoms with Crippen LogP contribution >= 0.6 is 11.3 Å². The van der Waals surface area contributed by atoms with Crippen LogP contribution in [0.5, 0.6) is 0 Å². The molecule has 2 aliphatic rings. The molecule has 2 aromatic heterocycles. The number of benzene rings is 1. The third kappa shape index (κ3) is 2.82. The predicted octanol–water partition coefficient (Wildman–Crippen LogP) is 3.13. The summed E-state index contributed by atoms with van der Waals surface area (Å²) in [7, 11) is 1.66. The van der Waals surface area contributed by atoms with Crippen LogP contribution in [-0.2, 0) is 17.8 Å². The molecular formula is C22H21N3O4S. The van der Waals surface area contributed by atoms with Gasteiger partial charge in [-0.3, -0.25) is 14.4 Å². The number of carbonyl (C=O) groups is 3. The van der Waals surface area contributed by atoms with Crippen molar-refractivity contribution in [2.24, 2.45) is 0 Å². The lowest BCUT2D eigenvalue weighted by atomic mass is 10.0. The van der Waals surface area contributed by atoms with Gasteiger partial charge < -0.3 is 19.1 Å². The molecule has 30 heavy (non-hydrogen) atoms. The second-order valence-electron chi connectivity index (χ2n) is 7.63. The molecule has 5 rings (SSSR count). The molecule has 154 valence electrons. The third-order valence-corrected chi connectivity index (χ3v) is 7.06. The molecule has 0 saturated heterocycles. The first kappa shape index (κ1) is 18.9. The maximum absolute atomic E-state index is 13.1. The van der Waals surface area contributed by atoms with Gasteiger partial charge in [0.1, 0.15) is 17.1 Å². The number of nitrogens with zero attached hydrogens (tertiary/aromatic N) is 3. The van der Waals surface area contributed by atoms with Crippen LogP contribution in [0.1, 0.15) is 38.1 Å². The van der Waals surface area contributed by atoms with Crippen LogP contribution in [0.2, 0.25) is 0 Å². The lowest BCUT2D eigenvalue weighted by molar-refractivity contribution is -0.118. The maximum Gasteiger partial charge on any atom is 0.257 e. The summed E-state index contributed by atoms with van der Waals surface area (Å²) in [6, 6.07) is 7.28. The van der Waals surface area contributed by atoms with E-state index in [1.165, 1.54) is 16.2 Å². The van der Waals surface area contributed by atoms with Crippen LogP contribution in [0.4, 0.5) is 5.00 Å². The van der Waals surface area contributed by atoms with Gasteiger partial charge in [0, 0.05) is 36.0 Å². The van der Waals surface area contributed by atoms with Crippen molar-refractivity contribution >= 4 is 45.0 Å². The Bertz CT molecular complexity index is 1190. The van der Waals surface area contributed by atoms with Gasteiger partial charge in [0.15, 0.2) is 0 Å². The van der Waals surface area contributed by atoms with E-state index in [2.05, 4.69) is 0 Å². The van der Waals surface area contributed by atoms with Gasteiger partial charge in [-0.05, 0) is 43.2 Å². The van der Waals surface area contributed by atoms with Crippen molar-refractivity contribution in [3.05, 3.63) is 52.1 Å². The summed E-state index contributed by atoms with van der Waals surface area (Å²) in [6.07, 6.45) is 2.21. The molecule has 0 bridgehead atoms. The molecule has 0 spiro atoms. The zero-order chi connectivity index (χ0) is 21.0. The zero-order valence-corrected chi connectivity index (χ0v) is 17.6. The summed E-state index contributed by atoms with van der Waals surface area (Å²) in [5.41, 5.74) is 2.99. The van der Waals surface area contributed by atoms with E-state index in [1.807, 2.05) is 30.0 Å². The van der Waals surface area contributed by atoms with Crippen LogP contribution in [0.15, 0.2) is 34.9 Å². The Morgan fingerprint density at radius 1 is 1.20 bits per heavy atom. The Kier molecular flexibility index (Phi) is 4.39. The van der Waals surface area contributed by atoms with Gasteiger partial charge >= 0.3 is 0 Å². The Hall–Kier alpha value is -3.13. The van der Waals surface area contributed by atoms with Gasteiger partial charge in [-0.2, -0.15) is 0 Å². The Morgan fingerprint density at radius 2 is 2.03 bits per heavy atom. The quantitative estimate of drug-likeness (QED) is 0.635. The highest BCUT2D eigenvalue weighted by molar-refractivity contribution is 7.17. The average Bonchev–Trinajstić information content (AvgIpc) is 3.34. The first-order chi connectivity index (χ1) is 14.5. The van der Waals surface area contributed by atoms with Gasteiger partial charge in [-0.1, -0.05) is 0 Å². The highest BCUT2D eigenvalue weighted by Gasteiger charge is 2.37. The fourth-order valence-electron chi connectivity index (χ4n) is 4.24. The van der Waals surface area contributed by atoms with E-state index >= 15 is 0 Å². The monoisotopic (exact) mass is 423 g/mol. The zero-order valence-electron chi connectivity index (χ0n) is 16.8. The number of hydrogen-bond acceptors (Lipinski definition) is 5. The summed E-state index contributed by atoms with van der Waals surface area (Å²) in [5.74, 6) is -0.233. The van der Waals surface area contributed by atoms with Gasteiger partial charge in [0.05, 0.1) is 18.4 Å². The molecule has 0 N–H and O–H groups in total. The van der Waals surface area contributed by atoms with Crippen molar-refractivity contribution < 1.29 is 18.8 Å². The van der Waals surface area contributed by atoms with E-state index in [-0.39, 0.29) is 24.3 Å². The molecule has 2 aliphatic heterocycles. The van der Waals surface area contributed by atoms with Crippen molar-refractivity contribution in [3.8, 4) is 0 Å². The average molecular weight is 423 g/mol. The largest absolute Gasteiger partial charge is 0.464 e. The third-order valence-electron chi connectivity index (χ3n) is 5.82. The van der Waals surface area contributed by atoms with Crippen LogP contribution < -0.4 is 4.90 Å². The fraction of sp³-hybridized carbons (Fsp3) is 0.318. The van der Waals surface area contributed by atoms with Crippen LogP contribution in [-0.4, -0.2) is 54.2 Å². The fourth-order valence-corrected chi connectivity index (χ4v) is 5.67. The van der Waals surface area contributed by atoms with Crippen LogP contribution in [0, 0.1) is 0 Å². The number of amides is 3. The van der Waals surface area contributed by atoms with Crippen molar-refractivity contribution in [2.75, 3.05) is 31.6 Å². The van der Waals surface area contributed by atoms with Crippen molar-refractivity contribution in [1.82, 2.24) is 9.80 Å². The van der Waals surface area contributed by atoms with Gasteiger partial charge in [0.25, 0.3) is 11.8 Å². The number of rotatable bonds is 2. The van der Waals surface area contributed by atoms with E-state index in [0.29, 0.717) is 37.2 Å². The number of carbonyl (C=O) groups excluding carboxylic acids is 3. The minimum Gasteiger partial charge on any atom is -0.464 e. The lowest BCUT2D eigenvalue weighted by Gasteiger charge is -2.27. The van der Waals surface area contributed by atoms with E-state index < -0.39 is 0 Å². The van der Waals surface area contributed by atoms with Crippen LogP contribution in [0.3, 0.4) is 0 Å². The highest BCUT2D eigenvalue weighted by Crippen LogP contribution is 2.41. The lowest BCUT2D eigenvalue weighted by Crippen LogP contribution is -2.38. The summed E-state index contributed by atoms with van der Waals surface area (Å²) in [6.45, 7) is 3.50. The molecule has 4 heterocycles. The van der Waals surface area contributed by atoms with Crippen LogP contribution in [0.25, 0.3) is 11.0 Å². The number of hydrogen-bond donors (Lipinski definition) is 0. The molecule has 8 heteroatoms. The van der Waals surface area contributed by atoms with E-state index in [4.69, 9.17) is 4.42 Å². The second kappa shape index (κ2) is 6.98. The predicted molar refractivity (Wildman–Crippen MR) is 114 cm³/mol. The molecule has 3 amide bonds. The van der Waals surface area contributed by atoms with Gasteiger partial charge in [-0.15, -0.1) is 11.3 Å². The van der Waals surface area contributed by atoms with E-state index in [0.717, 1.165) is 26.4 Å². The molecule has 0 atom stereocenters. The highest BCUT2D eigenvalue weighted by atomic mass is 32.1. The number of anilines is 1. The van der Waals surface area contributed by atoms with Crippen molar-refractivity contribution in [3.63, 3.8) is 0 Å². The van der Waals surface area contributed by atoms with Crippen molar-refractivity contribution in [2.45, 2.75) is 19.9 Å². The number of thiophene rings is 1. The molecule has 0 fully saturated rings. The first-order valence-corrected chi connectivity index (χ1v) is 10.8. The Morgan fingerprint density at radius 3 is 2.83 bits per heavy atom. The molecule has 3 aromatic rings. The SMILES string of the molecule is CCN1C(=O)CN(C)C(=O)c2c1sc1c2CCN(C(=O)c2ccc3occc3c2)C1.